The number of aliphatic hydroxyl groups is 9. The molecule has 15 atom stereocenters. The fourth-order valence-corrected chi connectivity index (χ4v) is 13.5. The van der Waals surface area contributed by atoms with Gasteiger partial charge in [-0.2, -0.15) is 0 Å². The van der Waals surface area contributed by atoms with Crippen LogP contribution in [-0.2, 0) is 85.7 Å². The molecule has 688 valence electrons. The van der Waals surface area contributed by atoms with Gasteiger partial charge in [-0.1, -0.05) is 38.5 Å². The first-order valence-electron chi connectivity index (χ1n) is 42.2. The predicted molar refractivity (Wildman–Crippen MR) is 425 cm³/mol. The van der Waals surface area contributed by atoms with E-state index in [4.69, 9.17) is 47.4 Å². The van der Waals surface area contributed by atoms with Crippen LogP contribution in [0.1, 0.15) is 215 Å². The summed E-state index contributed by atoms with van der Waals surface area (Å²) >= 11 is 0. The zero-order valence-corrected chi connectivity index (χ0v) is 70.4. The van der Waals surface area contributed by atoms with E-state index in [0.717, 1.165) is 38.5 Å². The molecular formula is C78H141N11O30. The van der Waals surface area contributed by atoms with Crippen LogP contribution in [0.5, 0.6) is 0 Å². The smallest absolute Gasteiger partial charge is 0.407 e. The van der Waals surface area contributed by atoms with Gasteiger partial charge in [0.25, 0.3) is 0 Å². The molecule has 0 radical (unpaired) electrons. The van der Waals surface area contributed by atoms with Crippen molar-refractivity contribution in [2.45, 2.75) is 318 Å². The number of ether oxygens (including phenoxy) is 10. The summed E-state index contributed by atoms with van der Waals surface area (Å²) in [7, 11) is 0. The molecule has 3 heterocycles. The first-order valence-corrected chi connectivity index (χ1v) is 42.2. The molecule has 119 heavy (non-hydrogen) atoms. The number of rotatable bonds is 63. The lowest BCUT2D eigenvalue weighted by Gasteiger charge is -2.42. The minimum Gasteiger partial charge on any atom is -0.450 e. The van der Waals surface area contributed by atoms with Crippen molar-refractivity contribution in [1.29, 1.82) is 0 Å². The molecular weight excluding hydrogens is 1570 g/mol. The third-order valence-corrected chi connectivity index (χ3v) is 20.0. The third-order valence-electron chi connectivity index (χ3n) is 20.0. The van der Waals surface area contributed by atoms with Crippen molar-refractivity contribution < 1.29 is 146 Å². The molecule has 0 aromatic heterocycles. The van der Waals surface area contributed by atoms with Gasteiger partial charge in [0.05, 0.1) is 65.1 Å². The standard InChI is InChI=1S/C78H141N11O30/c1-7-116-77(5,6)34-41-82-60(99)29-30-61(100)89-78(31-23-45-113-74(107)83-38-17-11-8-14-35-79-57(96)26-20-42-110-71-62(86-51(2)93)68(104)65(101)54(48-90)117-71,32-24-46-114-75(108)84-39-18-12-9-15-36-80-58(97)27-21-43-111-72-63(87-52(3)94)69(105)66(102)55(49-91)118-72)33-25-47-115-76(109)85-40-19-13-10-16-37-81-59(98)28-22-44-112-73-64(88-53(4)95)70(106)67(103)56(50-92)119-73/h54-56,62-73,90-92,101-106H,7-50H2,1-6H3,(H,79,96)(H,80,97)(H,81,98)(H,82,99)(H,83,107)(H,84,108)(H,85,109)(H,86,93)(H,87,94)(H,88,95)(H,89,100). The summed E-state index contributed by atoms with van der Waals surface area (Å²) in [6, 6.07) is -3.29. The normalized spacial score (nSPS) is 23.4. The van der Waals surface area contributed by atoms with Crippen LogP contribution < -0.4 is 58.5 Å². The molecule has 0 bridgehead atoms. The molecule has 3 fully saturated rings. The maximum Gasteiger partial charge on any atom is 0.407 e. The van der Waals surface area contributed by atoms with Crippen molar-refractivity contribution in [1.82, 2.24) is 58.5 Å². The Morgan fingerprint density at radius 1 is 0.328 bits per heavy atom. The maximum atomic E-state index is 14.0. The van der Waals surface area contributed by atoms with E-state index in [1.54, 1.807) is 0 Å². The lowest BCUT2D eigenvalue weighted by Crippen LogP contribution is -2.64. The topological polar surface area (TPSA) is 594 Å². The second kappa shape index (κ2) is 61.3. The Labute approximate surface area is 697 Å². The van der Waals surface area contributed by atoms with Crippen molar-refractivity contribution in [3.05, 3.63) is 0 Å². The highest BCUT2D eigenvalue weighted by Crippen LogP contribution is 2.29. The SMILES string of the molecule is CCOC(C)(C)CCNC(=O)CCC(=O)NC(CCCOC(=O)NCCCCCCNC(=O)CCCOC1OC(CO)C(O)C(O)C1NC(C)=O)(CCCOC(=O)NCCCCCCNC(=O)CCCOC1OC(CO)C(O)C(O)C1NC(C)=O)CCCOC(=O)NCCCCCCNC(=O)CCCOC1OC(CO)C(O)C(O)C1NC(C)=O. The Balaban J connectivity index is 1.53. The Kier molecular flexibility index (Phi) is 54.6. The molecule has 15 unspecified atom stereocenters. The molecule has 3 saturated heterocycles. The van der Waals surface area contributed by atoms with E-state index < -0.39 is 165 Å². The highest BCUT2D eigenvalue weighted by molar-refractivity contribution is 5.84. The summed E-state index contributed by atoms with van der Waals surface area (Å²) in [6.45, 7) is 10.5. The quantitative estimate of drug-likeness (QED) is 0.0249. The van der Waals surface area contributed by atoms with Crippen molar-refractivity contribution in [3.63, 3.8) is 0 Å². The van der Waals surface area contributed by atoms with E-state index in [-0.39, 0.29) is 153 Å². The van der Waals surface area contributed by atoms with Crippen LogP contribution in [0.3, 0.4) is 0 Å². The molecule has 20 N–H and O–H groups in total. The number of alkyl carbamates (subject to hydrolysis) is 3. The van der Waals surface area contributed by atoms with Gasteiger partial charge in [-0.3, -0.25) is 38.4 Å². The molecule has 0 aromatic carbocycles. The number of aliphatic hydroxyl groups excluding tert-OH is 9. The summed E-state index contributed by atoms with van der Waals surface area (Å²) in [5.74, 6) is -2.92. The molecule has 3 rings (SSSR count). The van der Waals surface area contributed by atoms with Gasteiger partial charge < -0.3 is 152 Å². The van der Waals surface area contributed by atoms with Crippen molar-refractivity contribution in [2.75, 3.05) is 112 Å². The lowest BCUT2D eigenvalue weighted by atomic mass is 9.83. The van der Waals surface area contributed by atoms with Crippen LogP contribution in [0.25, 0.3) is 0 Å². The first-order chi connectivity index (χ1) is 56.9. The molecule has 41 heteroatoms. The molecule has 11 amide bonds. The van der Waals surface area contributed by atoms with Gasteiger partial charge in [-0.15, -0.1) is 0 Å². The minimum atomic E-state index is -1.46. The molecule has 0 aliphatic carbocycles. The maximum absolute atomic E-state index is 14.0. The first kappa shape index (κ1) is 106. The van der Waals surface area contributed by atoms with Crippen LogP contribution in [0.4, 0.5) is 14.4 Å². The number of unbranched alkanes of at least 4 members (excludes halogenated alkanes) is 9. The van der Waals surface area contributed by atoms with Crippen LogP contribution in [0.15, 0.2) is 0 Å². The number of amides is 11. The zero-order valence-electron chi connectivity index (χ0n) is 70.4. The number of hydrogen-bond acceptors (Lipinski definition) is 30. The lowest BCUT2D eigenvalue weighted by molar-refractivity contribution is -0.270. The Hall–Kier alpha value is -7.07. The second-order valence-corrected chi connectivity index (χ2v) is 30.6. The Morgan fingerprint density at radius 2 is 0.605 bits per heavy atom. The summed E-state index contributed by atoms with van der Waals surface area (Å²) < 4.78 is 56.2. The van der Waals surface area contributed by atoms with Crippen LogP contribution in [0, 0.1) is 0 Å². The van der Waals surface area contributed by atoms with E-state index >= 15 is 0 Å². The fourth-order valence-electron chi connectivity index (χ4n) is 13.5. The van der Waals surface area contributed by atoms with Crippen LogP contribution >= 0.6 is 0 Å². The van der Waals surface area contributed by atoms with E-state index in [9.17, 15) is 98.7 Å². The van der Waals surface area contributed by atoms with Crippen molar-refractivity contribution in [3.8, 4) is 0 Å². The van der Waals surface area contributed by atoms with Crippen LogP contribution in [-0.4, -0.2) is 326 Å². The van der Waals surface area contributed by atoms with Gasteiger partial charge in [0.1, 0.15) is 73.1 Å². The third kappa shape index (κ3) is 45.6. The van der Waals surface area contributed by atoms with Crippen LogP contribution in [0.2, 0.25) is 0 Å². The van der Waals surface area contributed by atoms with Gasteiger partial charge in [-0.25, -0.2) is 14.4 Å². The van der Waals surface area contributed by atoms with Gasteiger partial charge >= 0.3 is 18.3 Å². The van der Waals surface area contributed by atoms with E-state index in [1.165, 1.54) is 20.8 Å². The predicted octanol–water partition coefficient (Wildman–Crippen LogP) is -1.29. The summed E-state index contributed by atoms with van der Waals surface area (Å²) in [5, 5.41) is 121. The van der Waals surface area contributed by atoms with Gasteiger partial charge in [0.15, 0.2) is 18.9 Å². The zero-order chi connectivity index (χ0) is 88.0. The molecule has 0 saturated carbocycles. The Bertz CT molecular complexity index is 2680. The van der Waals surface area contributed by atoms with Gasteiger partial charge in [0, 0.05) is 111 Å². The number of hydrogen-bond donors (Lipinski definition) is 20. The largest absolute Gasteiger partial charge is 0.450 e. The number of carbonyl (C=O) groups is 11. The van der Waals surface area contributed by atoms with E-state index in [0.29, 0.717) is 97.4 Å². The second-order valence-electron chi connectivity index (χ2n) is 30.6. The average molecular weight is 1710 g/mol. The number of carbonyl (C=O) groups excluding carboxylic acids is 11. The highest BCUT2D eigenvalue weighted by Gasteiger charge is 2.48. The summed E-state index contributed by atoms with van der Waals surface area (Å²) in [4.78, 5) is 139. The van der Waals surface area contributed by atoms with E-state index in [1.807, 2.05) is 20.8 Å². The van der Waals surface area contributed by atoms with E-state index in [2.05, 4.69) is 58.5 Å². The summed E-state index contributed by atoms with van der Waals surface area (Å²) in [6.07, 6.45) is -6.50. The number of nitrogens with one attached hydrogen (secondary N) is 11. The minimum absolute atomic E-state index is 0.0253. The van der Waals surface area contributed by atoms with Gasteiger partial charge in [-0.05, 0) is 124 Å². The highest BCUT2D eigenvalue weighted by atomic mass is 16.7. The van der Waals surface area contributed by atoms with Crippen molar-refractivity contribution in [2.24, 2.45) is 0 Å². The monoisotopic (exact) mass is 1710 g/mol. The average Bonchev–Trinajstić information content (AvgIpc) is 0.818. The molecule has 41 nitrogen and oxygen atoms in total. The fraction of sp³-hybridized carbons (Fsp3) is 0.859. The van der Waals surface area contributed by atoms with Crippen molar-refractivity contribution >= 4 is 65.5 Å². The van der Waals surface area contributed by atoms with Gasteiger partial charge in [0.2, 0.25) is 47.3 Å². The molecule has 0 aromatic rings. The molecule has 3 aliphatic rings. The molecule has 0 spiro atoms. The Morgan fingerprint density at radius 3 is 0.891 bits per heavy atom. The molecule has 3 aliphatic heterocycles. The summed E-state index contributed by atoms with van der Waals surface area (Å²) in [5.41, 5.74) is -1.53.